The van der Waals surface area contributed by atoms with E-state index in [4.69, 9.17) is 0 Å². The molecule has 0 radical (unpaired) electrons. The smallest absolute Gasteiger partial charge is 0.257 e. The van der Waals surface area contributed by atoms with E-state index in [-0.39, 0.29) is 10.4 Å². The normalized spacial score (nSPS) is 15.8. The molecule has 0 bridgehead atoms. The van der Waals surface area contributed by atoms with Gasteiger partial charge in [0.2, 0.25) is 0 Å². The van der Waals surface area contributed by atoms with Crippen molar-refractivity contribution in [2.75, 3.05) is 0 Å². The van der Waals surface area contributed by atoms with Gasteiger partial charge in [-0.3, -0.25) is 10.1 Å². The SMILES string of the molecule is CC(C)(C)c1ccc(C2(Sc3ncc([N+](=O)[O-])s3)N=NN=N2)cc1. The second-order valence-corrected chi connectivity index (χ2v) is 8.57. The maximum atomic E-state index is 10.8. The lowest BCUT2D eigenvalue weighted by molar-refractivity contribution is -0.380. The second kappa shape index (κ2) is 6.02. The van der Waals surface area contributed by atoms with Crippen LogP contribution in [0, 0.1) is 10.1 Å². The minimum atomic E-state index is -1.08. The molecule has 1 aromatic heterocycles. The first-order chi connectivity index (χ1) is 11.3. The zero-order valence-corrected chi connectivity index (χ0v) is 14.8. The molecule has 0 spiro atoms. The van der Waals surface area contributed by atoms with Crippen molar-refractivity contribution in [3.8, 4) is 0 Å². The van der Waals surface area contributed by atoms with Crippen molar-refractivity contribution in [2.24, 2.45) is 20.7 Å². The molecule has 0 atom stereocenters. The van der Waals surface area contributed by atoms with E-state index in [1.807, 2.05) is 24.3 Å². The minimum Gasteiger partial charge on any atom is -0.257 e. The zero-order valence-electron chi connectivity index (χ0n) is 13.2. The molecule has 1 aliphatic heterocycles. The molecule has 0 unspecified atom stereocenters. The molecule has 0 saturated carbocycles. The summed E-state index contributed by atoms with van der Waals surface area (Å²) in [5, 5.41) is 26.3. The molecular formula is C14H14N6O2S2. The number of hydrogen-bond donors (Lipinski definition) is 0. The first-order valence-electron chi connectivity index (χ1n) is 7.04. The molecule has 0 saturated heterocycles. The van der Waals surface area contributed by atoms with Gasteiger partial charge in [0, 0.05) is 5.56 Å². The van der Waals surface area contributed by atoms with Crippen LogP contribution >= 0.6 is 23.1 Å². The summed E-state index contributed by atoms with van der Waals surface area (Å²) in [6, 6.07) is 7.90. The van der Waals surface area contributed by atoms with Crippen molar-refractivity contribution in [3.05, 3.63) is 51.7 Å². The van der Waals surface area contributed by atoms with Crippen LogP contribution in [0.2, 0.25) is 0 Å². The van der Waals surface area contributed by atoms with Gasteiger partial charge in [0.05, 0.1) is 4.92 Å². The van der Waals surface area contributed by atoms with Crippen LogP contribution in [0.15, 0.2) is 55.5 Å². The second-order valence-electron chi connectivity index (χ2n) is 6.14. The zero-order chi connectivity index (χ0) is 17.4. The molecule has 1 aliphatic rings. The van der Waals surface area contributed by atoms with Gasteiger partial charge in [-0.15, -0.1) is 10.2 Å². The number of aromatic nitrogens is 1. The molecule has 3 rings (SSSR count). The summed E-state index contributed by atoms with van der Waals surface area (Å²) in [4.78, 5) is 13.3. The molecule has 24 heavy (non-hydrogen) atoms. The number of thioether (sulfide) groups is 1. The maximum absolute atomic E-state index is 10.8. The topological polar surface area (TPSA) is 105 Å². The first kappa shape index (κ1) is 16.7. The van der Waals surface area contributed by atoms with E-state index < -0.39 is 9.92 Å². The predicted octanol–water partition coefficient (Wildman–Crippen LogP) is 5.08. The fraction of sp³-hybridized carbons (Fsp3) is 0.357. The van der Waals surface area contributed by atoms with Gasteiger partial charge in [-0.1, -0.05) is 45.0 Å². The van der Waals surface area contributed by atoms with Crippen LogP contribution in [0.3, 0.4) is 0 Å². The molecule has 0 amide bonds. The van der Waals surface area contributed by atoms with Crippen LogP contribution in [-0.2, 0) is 10.4 Å². The Labute approximate surface area is 146 Å². The number of rotatable bonds is 4. The largest absolute Gasteiger partial charge is 0.344 e. The molecular weight excluding hydrogens is 348 g/mol. The average molecular weight is 362 g/mol. The predicted molar refractivity (Wildman–Crippen MR) is 91.2 cm³/mol. The quantitative estimate of drug-likeness (QED) is 0.558. The Morgan fingerprint density at radius 1 is 1.17 bits per heavy atom. The van der Waals surface area contributed by atoms with Gasteiger partial charge in [-0.2, -0.15) is 0 Å². The molecule has 2 aromatic rings. The third-order valence-corrected chi connectivity index (χ3v) is 5.62. The standard InChI is InChI=1S/C14H14N6O2S2/c1-13(2,3)9-4-6-10(7-5-9)14(16-18-19-17-14)24-12-15-8-11(23-12)20(21)22/h4-8H,1-3H3. The van der Waals surface area contributed by atoms with E-state index in [0.29, 0.717) is 4.34 Å². The van der Waals surface area contributed by atoms with E-state index in [9.17, 15) is 10.1 Å². The lowest BCUT2D eigenvalue weighted by atomic mass is 9.86. The Morgan fingerprint density at radius 3 is 2.29 bits per heavy atom. The fourth-order valence-corrected chi connectivity index (χ4v) is 4.08. The Kier molecular flexibility index (Phi) is 4.18. The van der Waals surface area contributed by atoms with Gasteiger partial charge < -0.3 is 0 Å². The lowest BCUT2D eigenvalue weighted by Crippen LogP contribution is -2.15. The number of nitro groups is 1. The molecule has 0 fully saturated rings. The van der Waals surface area contributed by atoms with Gasteiger partial charge >= 0.3 is 5.00 Å². The van der Waals surface area contributed by atoms with Crippen LogP contribution < -0.4 is 0 Å². The van der Waals surface area contributed by atoms with E-state index in [0.717, 1.165) is 16.9 Å². The van der Waals surface area contributed by atoms with Crippen LogP contribution in [0.5, 0.6) is 0 Å². The summed E-state index contributed by atoms with van der Waals surface area (Å²) in [6.45, 7) is 6.41. The van der Waals surface area contributed by atoms with Crippen molar-refractivity contribution in [3.63, 3.8) is 0 Å². The van der Waals surface area contributed by atoms with Crippen LogP contribution in [0.4, 0.5) is 5.00 Å². The van der Waals surface area contributed by atoms with Crippen molar-refractivity contribution in [1.29, 1.82) is 0 Å². The van der Waals surface area contributed by atoms with Crippen LogP contribution in [0.1, 0.15) is 31.9 Å². The summed E-state index contributed by atoms with van der Waals surface area (Å²) in [5.41, 5.74) is 2.01. The van der Waals surface area contributed by atoms with Crippen molar-refractivity contribution in [1.82, 2.24) is 4.98 Å². The van der Waals surface area contributed by atoms with E-state index in [1.165, 1.54) is 23.5 Å². The van der Waals surface area contributed by atoms with Crippen molar-refractivity contribution >= 4 is 28.1 Å². The highest BCUT2D eigenvalue weighted by Crippen LogP contribution is 2.48. The van der Waals surface area contributed by atoms with Gasteiger partial charge in [0.25, 0.3) is 4.99 Å². The molecule has 2 heterocycles. The van der Waals surface area contributed by atoms with E-state index in [1.54, 1.807) is 0 Å². The summed E-state index contributed by atoms with van der Waals surface area (Å²) < 4.78 is 0.487. The molecule has 1 aromatic carbocycles. The third kappa shape index (κ3) is 3.20. The molecule has 124 valence electrons. The van der Waals surface area contributed by atoms with Gasteiger partial charge in [0.1, 0.15) is 6.20 Å². The molecule has 0 aliphatic carbocycles. The number of hydrogen-bond acceptors (Lipinski definition) is 9. The van der Waals surface area contributed by atoms with Crippen LogP contribution in [-0.4, -0.2) is 9.91 Å². The Morgan fingerprint density at radius 2 is 1.79 bits per heavy atom. The first-order valence-corrected chi connectivity index (χ1v) is 8.68. The number of benzene rings is 1. The third-order valence-electron chi connectivity index (χ3n) is 3.41. The Bertz CT molecular complexity index is 811. The molecule has 10 heteroatoms. The number of nitrogens with zero attached hydrogens (tertiary/aromatic N) is 6. The Hall–Kier alpha value is -2.20. The summed E-state index contributed by atoms with van der Waals surface area (Å²) >= 11 is 2.16. The fourth-order valence-electron chi connectivity index (χ4n) is 2.09. The van der Waals surface area contributed by atoms with Crippen LogP contribution in [0.25, 0.3) is 0 Å². The van der Waals surface area contributed by atoms with Gasteiger partial charge in [-0.05, 0) is 44.5 Å². The van der Waals surface area contributed by atoms with Crippen molar-refractivity contribution in [2.45, 2.75) is 35.5 Å². The lowest BCUT2D eigenvalue weighted by Gasteiger charge is -2.22. The monoisotopic (exact) mass is 362 g/mol. The highest BCUT2D eigenvalue weighted by atomic mass is 32.2. The van der Waals surface area contributed by atoms with Gasteiger partial charge in [0.15, 0.2) is 4.34 Å². The highest BCUT2D eigenvalue weighted by Gasteiger charge is 2.39. The minimum absolute atomic E-state index is 0.0254. The van der Waals surface area contributed by atoms with Gasteiger partial charge in [-0.25, -0.2) is 4.98 Å². The highest BCUT2D eigenvalue weighted by molar-refractivity contribution is 8.01. The Balaban J connectivity index is 1.92. The van der Waals surface area contributed by atoms with E-state index in [2.05, 4.69) is 46.4 Å². The molecule has 0 N–H and O–H groups in total. The van der Waals surface area contributed by atoms with E-state index >= 15 is 0 Å². The summed E-state index contributed by atoms with van der Waals surface area (Å²) in [6.07, 6.45) is 1.23. The van der Waals surface area contributed by atoms with Crippen molar-refractivity contribution < 1.29 is 4.92 Å². The number of thiazole rings is 1. The average Bonchev–Trinajstić information content (AvgIpc) is 3.17. The molecule has 8 nitrogen and oxygen atoms in total. The maximum Gasteiger partial charge on any atom is 0.344 e. The summed E-state index contributed by atoms with van der Waals surface area (Å²) in [5.74, 6) is 0. The summed E-state index contributed by atoms with van der Waals surface area (Å²) in [7, 11) is 0.